The van der Waals surface area contributed by atoms with Crippen LogP contribution in [-0.4, -0.2) is 33.4 Å². The lowest BCUT2D eigenvalue weighted by Crippen LogP contribution is -2.54. The van der Waals surface area contributed by atoms with Gasteiger partial charge in [-0.2, -0.15) is 8.42 Å². The predicted molar refractivity (Wildman–Crippen MR) is 137 cm³/mol. The molecule has 9 nitrogen and oxygen atoms in total. The van der Waals surface area contributed by atoms with Gasteiger partial charge in [-0.1, -0.05) is 47.5 Å². The van der Waals surface area contributed by atoms with Crippen molar-refractivity contribution in [1.82, 2.24) is 5.32 Å². The number of anilines is 1. The first-order valence-corrected chi connectivity index (χ1v) is 12.7. The van der Waals surface area contributed by atoms with Gasteiger partial charge in [0, 0.05) is 5.02 Å². The Bertz CT molecular complexity index is 1570. The molecule has 1 N–H and O–H groups in total. The summed E-state index contributed by atoms with van der Waals surface area (Å²) in [5.41, 5.74) is 0.621. The van der Waals surface area contributed by atoms with Gasteiger partial charge in [0.15, 0.2) is 5.75 Å². The molecule has 1 saturated heterocycles. The van der Waals surface area contributed by atoms with E-state index in [2.05, 4.69) is 5.32 Å². The van der Waals surface area contributed by atoms with Crippen molar-refractivity contribution in [1.29, 1.82) is 0 Å². The van der Waals surface area contributed by atoms with Gasteiger partial charge in [-0.05, 0) is 60.5 Å². The molecule has 0 saturated carbocycles. The molecule has 0 radical (unpaired) electrons. The summed E-state index contributed by atoms with van der Waals surface area (Å²) in [6.45, 7) is 1.68. The fraction of sp³-hybridized carbons (Fsp3) is 0.0800. The number of nitrogens with one attached hydrogen (secondary N) is 1. The fourth-order valence-electron chi connectivity index (χ4n) is 3.52. The van der Waals surface area contributed by atoms with Crippen molar-refractivity contribution in [2.24, 2.45) is 0 Å². The minimum atomic E-state index is -4.23. The molecular weight excluding hydrogens is 543 g/mol. The molecule has 0 aliphatic carbocycles. The van der Waals surface area contributed by atoms with Gasteiger partial charge in [0.25, 0.3) is 11.8 Å². The number of benzene rings is 3. The highest BCUT2D eigenvalue weighted by Crippen LogP contribution is 2.39. The number of methoxy groups -OCH3 is 1. The van der Waals surface area contributed by atoms with Crippen LogP contribution in [0.5, 0.6) is 11.5 Å². The molecule has 4 rings (SSSR count). The fourth-order valence-corrected chi connectivity index (χ4v) is 4.96. The van der Waals surface area contributed by atoms with E-state index in [1.54, 1.807) is 25.1 Å². The highest BCUT2D eigenvalue weighted by molar-refractivity contribution is 7.87. The molecule has 0 spiro atoms. The van der Waals surface area contributed by atoms with Crippen LogP contribution in [0, 0.1) is 6.92 Å². The van der Waals surface area contributed by atoms with E-state index in [1.165, 1.54) is 55.7 Å². The van der Waals surface area contributed by atoms with Crippen molar-refractivity contribution >= 4 is 62.9 Å². The van der Waals surface area contributed by atoms with Gasteiger partial charge in [-0.25, -0.2) is 9.69 Å². The average molecular weight is 561 g/mol. The molecule has 3 aromatic rings. The SMILES string of the molecule is COc1cc(/C=C2\C(=O)NC(=O)N(c3cc(Cl)ccc3C)C2=O)cc(Cl)c1OS(=O)(=O)c1ccccc1. The molecule has 0 bridgehead atoms. The predicted octanol–water partition coefficient (Wildman–Crippen LogP) is 4.74. The van der Waals surface area contributed by atoms with Crippen molar-refractivity contribution in [2.45, 2.75) is 11.8 Å². The number of aryl methyl sites for hydroxylation is 1. The Hall–Kier alpha value is -3.86. The van der Waals surface area contributed by atoms with Gasteiger partial charge in [-0.15, -0.1) is 0 Å². The number of hydrogen-bond acceptors (Lipinski definition) is 7. The second-order valence-electron chi connectivity index (χ2n) is 7.77. The lowest BCUT2D eigenvalue weighted by Gasteiger charge is -2.27. The minimum absolute atomic E-state index is 0.0684. The van der Waals surface area contributed by atoms with Crippen molar-refractivity contribution in [3.8, 4) is 11.5 Å². The molecule has 190 valence electrons. The minimum Gasteiger partial charge on any atom is -0.493 e. The summed E-state index contributed by atoms with van der Waals surface area (Å²) in [6.07, 6.45) is 1.20. The van der Waals surface area contributed by atoms with E-state index < -0.39 is 28.0 Å². The summed E-state index contributed by atoms with van der Waals surface area (Å²) in [6, 6.07) is 13.8. The Morgan fingerprint density at radius 2 is 1.68 bits per heavy atom. The highest BCUT2D eigenvalue weighted by Gasteiger charge is 2.37. The Kier molecular flexibility index (Phi) is 7.26. The summed E-state index contributed by atoms with van der Waals surface area (Å²) < 4.78 is 35.8. The number of amides is 4. The molecule has 37 heavy (non-hydrogen) atoms. The zero-order valence-corrected chi connectivity index (χ0v) is 21.6. The standard InChI is InChI=1S/C25H18Cl2N2O7S/c1-14-8-9-16(26)13-20(14)29-24(31)18(23(30)28-25(29)32)10-15-11-19(27)22(21(12-15)35-2)36-37(33,34)17-6-4-3-5-7-17/h3-13H,1-2H3,(H,28,30,32)/b18-10+. The number of ether oxygens (including phenoxy) is 1. The highest BCUT2D eigenvalue weighted by atomic mass is 35.5. The molecule has 4 amide bonds. The molecular formula is C25H18Cl2N2O7S. The number of carbonyl (C=O) groups is 3. The van der Waals surface area contributed by atoms with Crippen LogP contribution in [-0.2, 0) is 19.7 Å². The molecule has 1 heterocycles. The van der Waals surface area contributed by atoms with Gasteiger partial charge >= 0.3 is 16.1 Å². The number of barbiturate groups is 1. The smallest absolute Gasteiger partial charge is 0.339 e. The van der Waals surface area contributed by atoms with Crippen LogP contribution in [0.2, 0.25) is 10.0 Å². The van der Waals surface area contributed by atoms with E-state index >= 15 is 0 Å². The third kappa shape index (κ3) is 5.31. The van der Waals surface area contributed by atoms with Crippen molar-refractivity contribution in [3.05, 3.63) is 87.4 Å². The van der Waals surface area contributed by atoms with Gasteiger partial charge in [0.05, 0.1) is 17.8 Å². The summed E-state index contributed by atoms with van der Waals surface area (Å²) in [5.74, 6) is -2.16. The van der Waals surface area contributed by atoms with Crippen LogP contribution >= 0.6 is 23.2 Å². The lowest BCUT2D eigenvalue weighted by molar-refractivity contribution is -0.122. The first-order valence-electron chi connectivity index (χ1n) is 10.6. The quantitative estimate of drug-likeness (QED) is 0.262. The van der Waals surface area contributed by atoms with E-state index in [0.29, 0.717) is 10.6 Å². The molecule has 1 aliphatic heterocycles. The third-order valence-corrected chi connectivity index (χ3v) is 7.05. The van der Waals surface area contributed by atoms with E-state index in [9.17, 15) is 22.8 Å². The summed E-state index contributed by atoms with van der Waals surface area (Å²) in [7, 11) is -2.96. The lowest BCUT2D eigenvalue weighted by atomic mass is 10.1. The largest absolute Gasteiger partial charge is 0.493 e. The zero-order valence-electron chi connectivity index (χ0n) is 19.3. The van der Waals surface area contributed by atoms with Gasteiger partial charge in [0.2, 0.25) is 5.75 Å². The van der Waals surface area contributed by atoms with Crippen LogP contribution in [0.3, 0.4) is 0 Å². The number of hydrogen-bond donors (Lipinski definition) is 1. The Labute approximate surface area is 222 Å². The monoisotopic (exact) mass is 560 g/mol. The molecule has 12 heteroatoms. The number of carbonyl (C=O) groups excluding carboxylic acids is 3. The van der Waals surface area contributed by atoms with Gasteiger partial charge in [0.1, 0.15) is 10.5 Å². The molecule has 0 aromatic heterocycles. The Balaban J connectivity index is 1.73. The van der Waals surface area contributed by atoms with Crippen LogP contribution < -0.4 is 19.1 Å². The number of rotatable bonds is 6. The summed E-state index contributed by atoms with van der Waals surface area (Å²) >= 11 is 12.4. The van der Waals surface area contributed by atoms with Gasteiger partial charge < -0.3 is 8.92 Å². The van der Waals surface area contributed by atoms with Crippen LogP contribution in [0.1, 0.15) is 11.1 Å². The maximum Gasteiger partial charge on any atom is 0.339 e. The van der Waals surface area contributed by atoms with Crippen LogP contribution in [0.4, 0.5) is 10.5 Å². The first-order chi connectivity index (χ1) is 17.5. The van der Waals surface area contributed by atoms with Crippen LogP contribution in [0.25, 0.3) is 6.08 Å². The summed E-state index contributed by atoms with van der Waals surface area (Å²) in [4.78, 5) is 39.0. The normalized spacial score (nSPS) is 15.1. The zero-order chi connectivity index (χ0) is 26.9. The average Bonchev–Trinajstić information content (AvgIpc) is 2.85. The molecule has 3 aromatic carbocycles. The first kappa shape index (κ1) is 26.2. The van der Waals surface area contributed by atoms with E-state index in [-0.39, 0.29) is 38.2 Å². The van der Waals surface area contributed by atoms with Crippen molar-refractivity contribution in [3.63, 3.8) is 0 Å². The van der Waals surface area contributed by atoms with E-state index in [0.717, 1.165) is 4.90 Å². The molecule has 1 aliphatic rings. The third-order valence-electron chi connectivity index (χ3n) is 5.30. The Morgan fingerprint density at radius 1 is 0.973 bits per heavy atom. The van der Waals surface area contributed by atoms with E-state index in [1.807, 2.05) is 0 Å². The van der Waals surface area contributed by atoms with E-state index in [4.69, 9.17) is 32.1 Å². The number of imide groups is 2. The maximum atomic E-state index is 13.2. The van der Waals surface area contributed by atoms with Crippen LogP contribution in [0.15, 0.2) is 71.1 Å². The van der Waals surface area contributed by atoms with Crippen molar-refractivity contribution in [2.75, 3.05) is 12.0 Å². The second-order valence-corrected chi connectivity index (χ2v) is 10.2. The number of nitrogens with zero attached hydrogens (tertiary/aromatic N) is 1. The topological polar surface area (TPSA) is 119 Å². The molecule has 0 unspecified atom stereocenters. The molecule has 0 atom stereocenters. The van der Waals surface area contributed by atoms with Gasteiger partial charge in [-0.3, -0.25) is 14.9 Å². The second kappa shape index (κ2) is 10.3. The molecule has 1 fully saturated rings. The van der Waals surface area contributed by atoms with Crippen molar-refractivity contribution < 1.29 is 31.7 Å². The maximum absolute atomic E-state index is 13.2. The summed E-state index contributed by atoms with van der Waals surface area (Å²) in [5, 5.41) is 2.26. The Morgan fingerprint density at radius 3 is 2.35 bits per heavy atom. The number of halogens is 2. The number of urea groups is 1.